The van der Waals surface area contributed by atoms with Gasteiger partial charge >= 0.3 is 6.03 Å². The maximum atomic E-state index is 13.5. The third kappa shape index (κ3) is 2.47. The second-order valence-corrected chi connectivity index (χ2v) is 6.47. The van der Waals surface area contributed by atoms with Gasteiger partial charge in [-0.2, -0.15) is 0 Å². The molecule has 0 saturated carbocycles. The molecule has 1 saturated heterocycles. The summed E-state index contributed by atoms with van der Waals surface area (Å²) in [7, 11) is 0. The van der Waals surface area contributed by atoms with Crippen LogP contribution in [0.25, 0.3) is 0 Å². The van der Waals surface area contributed by atoms with E-state index in [4.69, 9.17) is 11.6 Å². The molecule has 0 bridgehead atoms. The summed E-state index contributed by atoms with van der Waals surface area (Å²) in [6.45, 7) is 0. The van der Waals surface area contributed by atoms with Crippen molar-refractivity contribution in [3.05, 3.63) is 101 Å². The fraction of sp³-hybridized carbons (Fsp3) is 0.0476. The fourth-order valence-electron chi connectivity index (χ4n) is 3.29. The van der Waals surface area contributed by atoms with Crippen molar-refractivity contribution in [3.8, 4) is 0 Å². The van der Waals surface area contributed by atoms with Crippen molar-refractivity contribution in [1.82, 2.24) is 5.32 Å². The molecule has 1 fully saturated rings. The SMILES string of the molecule is O=C1N[C@@](c2ccccc2)(c2ccc(Cl)cc2)C(=O)N1c1ccccc1. The van der Waals surface area contributed by atoms with E-state index in [1.807, 2.05) is 36.4 Å². The molecule has 0 aliphatic carbocycles. The number of carbonyl (C=O) groups is 2. The van der Waals surface area contributed by atoms with Gasteiger partial charge in [0.15, 0.2) is 5.54 Å². The molecule has 26 heavy (non-hydrogen) atoms. The summed E-state index contributed by atoms with van der Waals surface area (Å²) in [6.07, 6.45) is 0. The van der Waals surface area contributed by atoms with Crippen LogP contribution in [0.5, 0.6) is 0 Å². The van der Waals surface area contributed by atoms with E-state index >= 15 is 0 Å². The van der Waals surface area contributed by atoms with Crippen LogP contribution < -0.4 is 10.2 Å². The van der Waals surface area contributed by atoms with Crippen molar-refractivity contribution in [2.45, 2.75) is 5.54 Å². The summed E-state index contributed by atoms with van der Waals surface area (Å²) in [5.41, 5.74) is 0.587. The molecule has 0 spiro atoms. The summed E-state index contributed by atoms with van der Waals surface area (Å²) in [5, 5.41) is 3.48. The Labute approximate surface area is 156 Å². The van der Waals surface area contributed by atoms with E-state index in [2.05, 4.69) is 5.32 Å². The summed E-state index contributed by atoms with van der Waals surface area (Å²) in [4.78, 5) is 27.5. The third-order valence-corrected chi connectivity index (χ3v) is 4.77. The van der Waals surface area contributed by atoms with Gasteiger partial charge in [-0.1, -0.05) is 72.3 Å². The number of halogens is 1. The van der Waals surface area contributed by atoms with E-state index < -0.39 is 11.6 Å². The van der Waals surface area contributed by atoms with E-state index in [1.54, 1.807) is 48.5 Å². The molecule has 128 valence electrons. The minimum absolute atomic E-state index is 0.345. The molecule has 4 rings (SSSR count). The van der Waals surface area contributed by atoms with E-state index in [-0.39, 0.29) is 5.91 Å². The van der Waals surface area contributed by atoms with Crippen molar-refractivity contribution in [1.29, 1.82) is 0 Å². The van der Waals surface area contributed by atoms with Crippen molar-refractivity contribution >= 4 is 29.2 Å². The number of hydrogen-bond acceptors (Lipinski definition) is 2. The number of nitrogens with zero attached hydrogens (tertiary/aromatic N) is 1. The molecule has 0 radical (unpaired) electrons. The summed E-state index contributed by atoms with van der Waals surface area (Å²) >= 11 is 6.02. The van der Waals surface area contributed by atoms with Crippen LogP contribution in [0.15, 0.2) is 84.9 Å². The first-order valence-electron chi connectivity index (χ1n) is 8.16. The number of rotatable bonds is 3. The van der Waals surface area contributed by atoms with Gasteiger partial charge in [0.1, 0.15) is 0 Å². The van der Waals surface area contributed by atoms with Crippen LogP contribution in [0.1, 0.15) is 11.1 Å². The zero-order valence-electron chi connectivity index (χ0n) is 13.7. The predicted molar refractivity (Wildman–Crippen MR) is 101 cm³/mol. The monoisotopic (exact) mass is 362 g/mol. The average Bonchev–Trinajstić information content (AvgIpc) is 2.95. The first-order valence-corrected chi connectivity index (χ1v) is 8.54. The van der Waals surface area contributed by atoms with Gasteiger partial charge in [0.2, 0.25) is 0 Å². The predicted octanol–water partition coefficient (Wildman–Crippen LogP) is 4.34. The number of carbonyl (C=O) groups excluding carboxylic acids is 2. The Morgan fingerprint density at radius 3 is 1.88 bits per heavy atom. The largest absolute Gasteiger partial charge is 0.330 e. The number of benzene rings is 3. The molecule has 5 heteroatoms. The molecule has 4 nitrogen and oxygen atoms in total. The van der Waals surface area contributed by atoms with E-state index in [9.17, 15) is 9.59 Å². The Bertz CT molecular complexity index is 958. The maximum Gasteiger partial charge on any atom is 0.330 e. The zero-order valence-corrected chi connectivity index (χ0v) is 14.5. The normalized spacial score (nSPS) is 19.5. The lowest BCUT2D eigenvalue weighted by atomic mass is 9.82. The molecule has 1 aliphatic heterocycles. The van der Waals surface area contributed by atoms with E-state index in [0.29, 0.717) is 21.8 Å². The third-order valence-electron chi connectivity index (χ3n) is 4.52. The van der Waals surface area contributed by atoms with Gasteiger partial charge < -0.3 is 5.32 Å². The zero-order chi connectivity index (χ0) is 18.1. The Morgan fingerprint density at radius 1 is 0.731 bits per heavy atom. The lowest BCUT2D eigenvalue weighted by Crippen LogP contribution is -2.45. The lowest BCUT2D eigenvalue weighted by molar-refractivity contribution is -0.121. The van der Waals surface area contributed by atoms with Gasteiger partial charge in [0.05, 0.1) is 5.69 Å². The van der Waals surface area contributed by atoms with Crippen molar-refractivity contribution in [2.75, 3.05) is 4.90 Å². The molecule has 0 unspecified atom stereocenters. The van der Waals surface area contributed by atoms with Crippen LogP contribution in [0, 0.1) is 0 Å². The Kier molecular flexibility index (Phi) is 3.98. The number of hydrogen-bond donors (Lipinski definition) is 1. The van der Waals surface area contributed by atoms with Crippen LogP contribution in [0.2, 0.25) is 5.02 Å². The van der Waals surface area contributed by atoms with Crippen LogP contribution in [-0.2, 0) is 10.3 Å². The second-order valence-electron chi connectivity index (χ2n) is 6.03. The molecular formula is C21H15ClN2O2. The number of imide groups is 1. The van der Waals surface area contributed by atoms with Crippen LogP contribution in [0.3, 0.4) is 0 Å². The molecule has 3 aromatic rings. The Hall–Kier alpha value is -3.11. The van der Waals surface area contributed by atoms with Crippen molar-refractivity contribution in [3.63, 3.8) is 0 Å². The van der Waals surface area contributed by atoms with Gasteiger partial charge in [0.25, 0.3) is 5.91 Å². The fourth-order valence-corrected chi connectivity index (χ4v) is 3.41. The quantitative estimate of drug-likeness (QED) is 0.704. The van der Waals surface area contributed by atoms with Gasteiger partial charge in [-0.15, -0.1) is 0 Å². The molecule has 0 aromatic heterocycles. The molecule has 3 amide bonds. The maximum absolute atomic E-state index is 13.5. The Balaban J connectivity index is 1.91. The topological polar surface area (TPSA) is 49.4 Å². The van der Waals surface area contributed by atoms with Gasteiger partial charge in [-0.05, 0) is 35.4 Å². The lowest BCUT2D eigenvalue weighted by Gasteiger charge is -2.28. The first-order chi connectivity index (χ1) is 12.6. The highest BCUT2D eigenvalue weighted by Crippen LogP contribution is 2.38. The van der Waals surface area contributed by atoms with E-state index in [1.165, 1.54) is 4.90 Å². The number of urea groups is 1. The standard InChI is InChI=1S/C21H15ClN2O2/c22-17-13-11-16(12-14-17)21(15-7-3-1-4-8-15)19(25)24(20(26)23-21)18-9-5-2-6-10-18/h1-14H,(H,23,26)/t21-/m0/s1. The van der Waals surface area contributed by atoms with Gasteiger partial charge in [0, 0.05) is 5.02 Å². The highest BCUT2D eigenvalue weighted by atomic mass is 35.5. The highest BCUT2D eigenvalue weighted by molar-refractivity contribution is 6.30. The van der Waals surface area contributed by atoms with Crippen LogP contribution >= 0.6 is 11.6 Å². The number of nitrogens with one attached hydrogen (secondary N) is 1. The number of anilines is 1. The second kappa shape index (κ2) is 6.32. The van der Waals surface area contributed by atoms with Gasteiger partial charge in [-0.3, -0.25) is 4.79 Å². The average molecular weight is 363 g/mol. The van der Waals surface area contributed by atoms with E-state index in [0.717, 1.165) is 0 Å². The molecule has 1 N–H and O–H groups in total. The smallest absolute Gasteiger partial charge is 0.315 e. The Morgan fingerprint density at radius 2 is 1.27 bits per heavy atom. The van der Waals surface area contributed by atoms with Crippen molar-refractivity contribution < 1.29 is 9.59 Å². The first kappa shape index (κ1) is 16.4. The highest BCUT2D eigenvalue weighted by Gasteiger charge is 2.54. The molecule has 3 aromatic carbocycles. The van der Waals surface area contributed by atoms with Crippen molar-refractivity contribution in [2.24, 2.45) is 0 Å². The molecule has 1 aliphatic rings. The number of para-hydroxylation sites is 1. The molecule has 1 atom stereocenters. The minimum Gasteiger partial charge on any atom is -0.315 e. The van der Waals surface area contributed by atoms with Gasteiger partial charge in [-0.25, -0.2) is 9.69 Å². The van der Waals surface area contributed by atoms with Crippen LogP contribution in [-0.4, -0.2) is 11.9 Å². The minimum atomic E-state index is -1.29. The molecular weight excluding hydrogens is 348 g/mol. The number of amides is 3. The summed E-state index contributed by atoms with van der Waals surface area (Å²) in [5.74, 6) is -0.345. The van der Waals surface area contributed by atoms with Crippen LogP contribution in [0.4, 0.5) is 10.5 Å². The molecule has 1 heterocycles. The summed E-state index contributed by atoms with van der Waals surface area (Å²) < 4.78 is 0. The summed E-state index contributed by atoms with van der Waals surface area (Å²) in [6, 6.07) is 24.6.